The topological polar surface area (TPSA) is 32.8 Å². The standard InChI is InChI=1S/C15H20Cl2N2O2/c1-11(13-4-3-12(16)9-14(13)17)18(2)10-15(20)19-5-7-21-8-6-19/h3-4,9,11H,5-8,10H2,1-2H3. The lowest BCUT2D eigenvalue weighted by atomic mass is 10.1. The Morgan fingerprint density at radius 3 is 2.67 bits per heavy atom. The number of amides is 1. The van der Waals surface area contributed by atoms with Crippen molar-refractivity contribution in [3.8, 4) is 0 Å². The third kappa shape index (κ3) is 4.33. The fourth-order valence-electron chi connectivity index (χ4n) is 2.34. The Balaban J connectivity index is 1.98. The average Bonchev–Trinajstić information content (AvgIpc) is 2.47. The number of hydrogen-bond donors (Lipinski definition) is 0. The Bertz CT molecular complexity index is 504. The number of halogens is 2. The number of carbonyl (C=O) groups is 1. The predicted octanol–water partition coefficient (Wildman–Crippen LogP) is 2.85. The molecule has 0 saturated carbocycles. The highest BCUT2D eigenvalue weighted by Gasteiger charge is 2.22. The summed E-state index contributed by atoms with van der Waals surface area (Å²) in [5, 5.41) is 1.24. The SMILES string of the molecule is CC(c1ccc(Cl)cc1Cl)N(C)CC(=O)N1CCOCC1. The lowest BCUT2D eigenvalue weighted by molar-refractivity contribution is -0.136. The van der Waals surface area contributed by atoms with Crippen molar-refractivity contribution in [2.75, 3.05) is 39.9 Å². The second-order valence-electron chi connectivity index (χ2n) is 5.25. The van der Waals surface area contributed by atoms with Crippen molar-refractivity contribution < 1.29 is 9.53 Å². The van der Waals surface area contributed by atoms with Gasteiger partial charge in [-0.25, -0.2) is 0 Å². The van der Waals surface area contributed by atoms with E-state index in [9.17, 15) is 4.79 Å². The van der Waals surface area contributed by atoms with Crippen LogP contribution in [0.3, 0.4) is 0 Å². The third-order valence-corrected chi connectivity index (χ3v) is 4.38. The minimum atomic E-state index is 0.0414. The summed E-state index contributed by atoms with van der Waals surface area (Å²) in [4.78, 5) is 16.1. The number of benzene rings is 1. The highest BCUT2D eigenvalue weighted by atomic mass is 35.5. The molecule has 116 valence electrons. The summed E-state index contributed by atoms with van der Waals surface area (Å²) >= 11 is 12.1. The average molecular weight is 331 g/mol. The number of ether oxygens (including phenoxy) is 1. The van der Waals surface area contributed by atoms with Crippen LogP contribution in [-0.2, 0) is 9.53 Å². The Hall–Kier alpha value is -0.810. The van der Waals surface area contributed by atoms with Crippen molar-refractivity contribution >= 4 is 29.1 Å². The van der Waals surface area contributed by atoms with E-state index in [-0.39, 0.29) is 11.9 Å². The Morgan fingerprint density at radius 1 is 1.38 bits per heavy atom. The van der Waals surface area contributed by atoms with Crippen LogP contribution in [0.4, 0.5) is 0 Å². The first-order valence-corrected chi connectivity index (χ1v) is 7.75. The molecule has 1 saturated heterocycles. The summed E-state index contributed by atoms with van der Waals surface area (Å²) in [7, 11) is 1.92. The van der Waals surface area contributed by atoms with E-state index in [1.54, 1.807) is 6.07 Å². The van der Waals surface area contributed by atoms with Gasteiger partial charge in [-0.15, -0.1) is 0 Å². The molecule has 1 amide bonds. The highest BCUT2D eigenvalue weighted by molar-refractivity contribution is 6.35. The Morgan fingerprint density at radius 2 is 2.05 bits per heavy atom. The first-order chi connectivity index (χ1) is 9.99. The summed E-state index contributed by atoms with van der Waals surface area (Å²) in [6.07, 6.45) is 0. The van der Waals surface area contributed by atoms with Crippen LogP contribution in [0.1, 0.15) is 18.5 Å². The number of hydrogen-bond acceptors (Lipinski definition) is 3. The van der Waals surface area contributed by atoms with E-state index in [0.29, 0.717) is 42.9 Å². The third-order valence-electron chi connectivity index (χ3n) is 3.82. The molecule has 1 unspecified atom stereocenters. The molecule has 4 nitrogen and oxygen atoms in total. The van der Waals surface area contributed by atoms with Gasteiger partial charge in [0.05, 0.1) is 19.8 Å². The first kappa shape index (κ1) is 16.6. The summed E-state index contributed by atoms with van der Waals surface area (Å²) in [6.45, 7) is 4.97. The minimum absolute atomic E-state index is 0.0414. The zero-order chi connectivity index (χ0) is 15.4. The van der Waals surface area contributed by atoms with E-state index >= 15 is 0 Å². The minimum Gasteiger partial charge on any atom is -0.378 e. The van der Waals surface area contributed by atoms with Crippen LogP contribution >= 0.6 is 23.2 Å². The largest absolute Gasteiger partial charge is 0.378 e. The zero-order valence-corrected chi connectivity index (χ0v) is 13.8. The maximum absolute atomic E-state index is 12.3. The molecule has 0 aliphatic carbocycles. The molecule has 1 fully saturated rings. The fraction of sp³-hybridized carbons (Fsp3) is 0.533. The summed E-state index contributed by atoms with van der Waals surface area (Å²) in [5.41, 5.74) is 0.971. The van der Waals surface area contributed by atoms with Crippen molar-refractivity contribution in [2.45, 2.75) is 13.0 Å². The lowest BCUT2D eigenvalue weighted by Gasteiger charge is -2.31. The number of rotatable bonds is 4. The molecule has 1 aromatic rings. The molecule has 6 heteroatoms. The van der Waals surface area contributed by atoms with E-state index in [2.05, 4.69) is 0 Å². The monoisotopic (exact) mass is 330 g/mol. The second-order valence-corrected chi connectivity index (χ2v) is 6.09. The fourth-order valence-corrected chi connectivity index (χ4v) is 2.91. The maximum atomic E-state index is 12.3. The number of carbonyl (C=O) groups excluding carboxylic acids is 1. The van der Waals surface area contributed by atoms with Gasteiger partial charge in [-0.1, -0.05) is 29.3 Å². The van der Waals surface area contributed by atoms with E-state index in [1.165, 1.54) is 0 Å². The summed E-state index contributed by atoms with van der Waals surface area (Å²) in [6, 6.07) is 5.49. The molecule has 21 heavy (non-hydrogen) atoms. The van der Waals surface area contributed by atoms with Gasteiger partial charge in [0, 0.05) is 29.2 Å². The molecule has 2 rings (SSSR count). The van der Waals surface area contributed by atoms with Crippen LogP contribution in [0, 0.1) is 0 Å². The second kappa shape index (κ2) is 7.45. The van der Waals surface area contributed by atoms with Crippen LogP contribution in [0.5, 0.6) is 0 Å². The van der Waals surface area contributed by atoms with Gasteiger partial charge in [-0.2, -0.15) is 0 Å². The Kier molecular flexibility index (Phi) is 5.88. The van der Waals surface area contributed by atoms with Gasteiger partial charge in [0.15, 0.2) is 0 Å². The molecule has 0 radical (unpaired) electrons. The summed E-state index contributed by atoms with van der Waals surface area (Å²) < 4.78 is 5.26. The lowest BCUT2D eigenvalue weighted by Crippen LogP contribution is -2.45. The van der Waals surface area contributed by atoms with E-state index in [1.807, 2.05) is 35.9 Å². The predicted molar refractivity (Wildman–Crippen MR) is 84.9 cm³/mol. The first-order valence-electron chi connectivity index (χ1n) is 6.99. The summed E-state index contributed by atoms with van der Waals surface area (Å²) in [5.74, 6) is 0.123. The zero-order valence-electron chi connectivity index (χ0n) is 12.3. The number of likely N-dealkylation sites (N-methyl/N-ethyl adjacent to an activating group) is 1. The molecule has 0 N–H and O–H groups in total. The highest BCUT2D eigenvalue weighted by Crippen LogP contribution is 2.28. The van der Waals surface area contributed by atoms with Crippen molar-refractivity contribution in [3.05, 3.63) is 33.8 Å². The van der Waals surface area contributed by atoms with Gasteiger partial charge in [-0.05, 0) is 31.7 Å². The molecule has 0 aromatic heterocycles. The van der Waals surface area contributed by atoms with Crippen molar-refractivity contribution in [3.63, 3.8) is 0 Å². The van der Waals surface area contributed by atoms with Crippen LogP contribution in [0.2, 0.25) is 10.0 Å². The van der Waals surface area contributed by atoms with Crippen LogP contribution in [0.25, 0.3) is 0 Å². The van der Waals surface area contributed by atoms with Crippen molar-refractivity contribution in [2.24, 2.45) is 0 Å². The van der Waals surface area contributed by atoms with E-state index < -0.39 is 0 Å². The van der Waals surface area contributed by atoms with Crippen LogP contribution < -0.4 is 0 Å². The van der Waals surface area contributed by atoms with Gasteiger partial charge in [-0.3, -0.25) is 9.69 Å². The maximum Gasteiger partial charge on any atom is 0.236 e. The molecule has 1 heterocycles. The Labute approximate surface area is 135 Å². The van der Waals surface area contributed by atoms with E-state index in [0.717, 1.165) is 5.56 Å². The smallest absolute Gasteiger partial charge is 0.236 e. The van der Waals surface area contributed by atoms with Gasteiger partial charge >= 0.3 is 0 Å². The van der Waals surface area contributed by atoms with Crippen LogP contribution in [-0.4, -0.2) is 55.6 Å². The molecular weight excluding hydrogens is 311 g/mol. The van der Waals surface area contributed by atoms with Crippen LogP contribution in [0.15, 0.2) is 18.2 Å². The van der Waals surface area contributed by atoms with Crippen molar-refractivity contribution in [1.82, 2.24) is 9.80 Å². The molecule has 1 aliphatic heterocycles. The molecule has 0 bridgehead atoms. The quantitative estimate of drug-likeness (QED) is 0.851. The normalized spacial score (nSPS) is 17.1. The van der Waals surface area contributed by atoms with Gasteiger partial charge in [0.1, 0.15) is 0 Å². The molecular formula is C15H20Cl2N2O2. The van der Waals surface area contributed by atoms with Gasteiger partial charge < -0.3 is 9.64 Å². The molecule has 1 atom stereocenters. The van der Waals surface area contributed by atoms with Gasteiger partial charge in [0.2, 0.25) is 5.91 Å². The van der Waals surface area contributed by atoms with Crippen molar-refractivity contribution in [1.29, 1.82) is 0 Å². The molecule has 0 spiro atoms. The number of nitrogens with zero attached hydrogens (tertiary/aromatic N) is 2. The van der Waals surface area contributed by atoms with Gasteiger partial charge in [0.25, 0.3) is 0 Å². The molecule has 1 aromatic carbocycles. The van der Waals surface area contributed by atoms with E-state index in [4.69, 9.17) is 27.9 Å². The number of morpholine rings is 1. The molecule has 1 aliphatic rings.